The number of nitrogens with two attached hydrogens (primary N) is 1. The number of cyclic esters (lactones) is 1. The molecule has 1 aliphatic carbocycles. The van der Waals surface area contributed by atoms with Crippen LogP contribution in [0.1, 0.15) is 45.8 Å². The third-order valence-electron chi connectivity index (χ3n) is 6.99. The fraction of sp³-hybridized carbons (Fsp3) is 0.276. The highest BCUT2D eigenvalue weighted by Crippen LogP contribution is 2.51. The van der Waals surface area contributed by atoms with Gasteiger partial charge < -0.3 is 10.5 Å². The maximum atomic E-state index is 14.2. The number of Topliss-reactive ketones (excluding diaryl/α,β-unsaturated/α-hetero) is 1. The molecule has 0 spiro atoms. The summed E-state index contributed by atoms with van der Waals surface area (Å²) in [6, 6.07) is 26.4. The van der Waals surface area contributed by atoms with Gasteiger partial charge in [-0.25, -0.2) is 0 Å². The number of ketones is 1. The van der Waals surface area contributed by atoms with Gasteiger partial charge in [0.15, 0.2) is 11.4 Å². The van der Waals surface area contributed by atoms with E-state index in [0.29, 0.717) is 18.4 Å². The Morgan fingerprint density at radius 3 is 2.00 bits per heavy atom. The monoisotopic (exact) mass is 453 g/mol. The summed E-state index contributed by atoms with van der Waals surface area (Å²) in [6.07, 6.45) is 2.52. The van der Waals surface area contributed by atoms with E-state index in [4.69, 9.17) is 10.5 Å². The maximum absolute atomic E-state index is 14.2. The number of amides is 1. The van der Waals surface area contributed by atoms with Gasteiger partial charge >= 0.3 is 5.97 Å². The minimum atomic E-state index is -1.26. The second kappa shape index (κ2) is 8.90. The summed E-state index contributed by atoms with van der Waals surface area (Å²) in [6.45, 7) is 0. The zero-order chi connectivity index (χ0) is 23.7. The van der Waals surface area contributed by atoms with Crippen molar-refractivity contribution in [1.82, 2.24) is 0 Å². The van der Waals surface area contributed by atoms with Gasteiger partial charge in [0.1, 0.15) is 5.92 Å². The summed E-state index contributed by atoms with van der Waals surface area (Å²) < 4.78 is 6.06. The molecule has 172 valence electrons. The molecule has 1 heterocycles. The van der Waals surface area contributed by atoms with Crippen molar-refractivity contribution in [1.29, 1.82) is 0 Å². The molecule has 1 aliphatic heterocycles. The van der Waals surface area contributed by atoms with Gasteiger partial charge in [0.25, 0.3) is 0 Å². The molecule has 0 aromatic heterocycles. The molecule has 3 aromatic carbocycles. The van der Waals surface area contributed by atoms with Crippen molar-refractivity contribution < 1.29 is 19.1 Å². The molecule has 1 saturated heterocycles. The minimum Gasteiger partial charge on any atom is -0.450 e. The van der Waals surface area contributed by atoms with Crippen molar-refractivity contribution in [2.45, 2.75) is 37.2 Å². The Bertz CT molecular complexity index is 1180. The van der Waals surface area contributed by atoms with Crippen LogP contribution in [0.25, 0.3) is 0 Å². The van der Waals surface area contributed by atoms with Gasteiger partial charge in [0, 0.05) is 24.3 Å². The highest BCUT2D eigenvalue weighted by atomic mass is 16.6. The smallest absolute Gasteiger partial charge is 0.318 e. The number of carbonyl (C=O) groups is 3. The maximum Gasteiger partial charge on any atom is 0.318 e. The first-order chi connectivity index (χ1) is 16.5. The first-order valence-electron chi connectivity index (χ1n) is 11.7. The Hall–Kier alpha value is -3.73. The second-order valence-corrected chi connectivity index (χ2v) is 9.43. The lowest BCUT2D eigenvalue weighted by Gasteiger charge is -2.27. The van der Waals surface area contributed by atoms with Crippen molar-refractivity contribution in [2.24, 2.45) is 17.6 Å². The predicted octanol–water partition coefficient (Wildman–Crippen LogP) is 4.25. The van der Waals surface area contributed by atoms with Gasteiger partial charge in [-0.05, 0) is 47.6 Å². The average molecular weight is 454 g/mol. The average Bonchev–Trinajstić information content (AvgIpc) is 3.65. The molecule has 5 heteroatoms. The summed E-state index contributed by atoms with van der Waals surface area (Å²) in [5.74, 6) is -2.20. The fourth-order valence-corrected chi connectivity index (χ4v) is 5.26. The summed E-state index contributed by atoms with van der Waals surface area (Å²) in [4.78, 5) is 39.4. The van der Waals surface area contributed by atoms with E-state index in [1.807, 2.05) is 66.7 Å². The van der Waals surface area contributed by atoms with E-state index >= 15 is 0 Å². The van der Waals surface area contributed by atoms with Gasteiger partial charge in [-0.2, -0.15) is 0 Å². The Morgan fingerprint density at radius 2 is 1.47 bits per heavy atom. The van der Waals surface area contributed by atoms with Gasteiger partial charge in [0.2, 0.25) is 5.91 Å². The molecule has 2 N–H and O–H groups in total. The first-order valence-corrected chi connectivity index (χ1v) is 11.7. The molecule has 1 amide bonds. The van der Waals surface area contributed by atoms with Crippen LogP contribution in [0.15, 0.2) is 84.9 Å². The first kappa shape index (κ1) is 22.1. The Labute approximate surface area is 198 Å². The molecule has 2 aliphatic rings. The van der Waals surface area contributed by atoms with Crippen molar-refractivity contribution in [3.8, 4) is 0 Å². The quantitative estimate of drug-likeness (QED) is 0.408. The molecule has 34 heavy (non-hydrogen) atoms. The van der Waals surface area contributed by atoms with Crippen LogP contribution in [0.2, 0.25) is 0 Å². The SMILES string of the molecule is NC(=O)c1cccc(C(C2CC2)C2C(=O)OC(Cc3ccccc3)(Cc3ccccc3)C2=O)c1. The lowest BCUT2D eigenvalue weighted by molar-refractivity contribution is -0.152. The van der Waals surface area contributed by atoms with Crippen molar-refractivity contribution in [3.63, 3.8) is 0 Å². The van der Waals surface area contributed by atoms with Crippen LogP contribution < -0.4 is 5.73 Å². The number of carbonyl (C=O) groups excluding carboxylic acids is 3. The van der Waals surface area contributed by atoms with Gasteiger partial charge in [-0.3, -0.25) is 14.4 Å². The lowest BCUT2D eigenvalue weighted by Crippen LogP contribution is -2.43. The molecule has 0 radical (unpaired) electrons. The van der Waals surface area contributed by atoms with Crippen molar-refractivity contribution >= 4 is 17.7 Å². The molecule has 2 atom stereocenters. The zero-order valence-corrected chi connectivity index (χ0v) is 18.9. The van der Waals surface area contributed by atoms with E-state index in [-0.39, 0.29) is 17.6 Å². The number of hydrogen-bond donors (Lipinski definition) is 1. The number of benzene rings is 3. The molecule has 5 rings (SSSR count). The third kappa shape index (κ3) is 4.26. The number of esters is 1. The predicted molar refractivity (Wildman–Crippen MR) is 128 cm³/mol. The highest BCUT2D eigenvalue weighted by Gasteiger charge is 2.59. The molecule has 2 fully saturated rings. The summed E-state index contributed by atoms with van der Waals surface area (Å²) in [5.41, 5.74) is 7.29. The van der Waals surface area contributed by atoms with Crippen molar-refractivity contribution in [2.75, 3.05) is 0 Å². The van der Waals surface area contributed by atoms with E-state index in [1.165, 1.54) is 0 Å². The van der Waals surface area contributed by atoms with Gasteiger partial charge in [-0.1, -0.05) is 72.8 Å². The standard InChI is InChI=1S/C29H27NO4/c30-27(32)23-13-7-12-22(16-23)24(21-14-15-21)25-26(31)29(34-28(25)33,17-19-8-3-1-4-9-19)18-20-10-5-2-6-11-20/h1-13,16,21,24-25H,14-15,17-18H2,(H2,30,32). The Kier molecular flexibility index (Phi) is 5.78. The zero-order valence-electron chi connectivity index (χ0n) is 18.9. The van der Waals surface area contributed by atoms with E-state index in [2.05, 4.69) is 0 Å². The molecular formula is C29H27NO4. The molecule has 1 saturated carbocycles. The van der Waals surface area contributed by atoms with E-state index in [9.17, 15) is 14.4 Å². The van der Waals surface area contributed by atoms with Crippen LogP contribution in [-0.2, 0) is 27.2 Å². The number of rotatable bonds is 8. The van der Waals surface area contributed by atoms with Gasteiger partial charge in [-0.15, -0.1) is 0 Å². The largest absolute Gasteiger partial charge is 0.450 e. The lowest BCUT2D eigenvalue weighted by atomic mass is 9.74. The molecular weight excluding hydrogens is 426 g/mol. The van der Waals surface area contributed by atoms with Crippen LogP contribution in [0.3, 0.4) is 0 Å². The topological polar surface area (TPSA) is 86.5 Å². The normalized spacial score (nSPS) is 20.1. The Balaban J connectivity index is 1.54. The number of hydrogen-bond acceptors (Lipinski definition) is 4. The molecule has 3 aromatic rings. The number of primary amides is 1. The molecule has 2 unspecified atom stereocenters. The Morgan fingerprint density at radius 1 is 0.882 bits per heavy atom. The van der Waals surface area contributed by atoms with E-state index in [0.717, 1.165) is 29.5 Å². The van der Waals surface area contributed by atoms with Crippen molar-refractivity contribution in [3.05, 3.63) is 107 Å². The van der Waals surface area contributed by atoms with Crippen LogP contribution in [0.5, 0.6) is 0 Å². The molecule has 5 nitrogen and oxygen atoms in total. The van der Waals surface area contributed by atoms with E-state index in [1.54, 1.807) is 18.2 Å². The van der Waals surface area contributed by atoms with Gasteiger partial charge in [0.05, 0.1) is 0 Å². The van der Waals surface area contributed by atoms with E-state index < -0.39 is 23.4 Å². The van der Waals surface area contributed by atoms with Crippen LogP contribution in [0.4, 0.5) is 0 Å². The van der Waals surface area contributed by atoms with Crippen LogP contribution in [0, 0.1) is 11.8 Å². The molecule has 0 bridgehead atoms. The second-order valence-electron chi connectivity index (χ2n) is 9.43. The highest BCUT2D eigenvalue weighted by molar-refractivity contribution is 6.10. The third-order valence-corrected chi connectivity index (χ3v) is 6.99. The fourth-order valence-electron chi connectivity index (χ4n) is 5.26. The summed E-state index contributed by atoms with van der Waals surface area (Å²) in [5, 5.41) is 0. The summed E-state index contributed by atoms with van der Waals surface area (Å²) in [7, 11) is 0. The minimum absolute atomic E-state index is 0.174. The van der Waals surface area contributed by atoms with Crippen LogP contribution >= 0.6 is 0 Å². The summed E-state index contributed by atoms with van der Waals surface area (Å²) >= 11 is 0. The van der Waals surface area contributed by atoms with Crippen LogP contribution in [-0.4, -0.2) is 23.3 Å². The number of ether oxygens (including phenoxy) is 1.